The van der Waals surface area contributed by atoms with E-state index in [9.17, 15) is 4.57 Å². The van der Waals surface area contributed by atoms with Crippen LogP contribution in [0, 0.1) is 0 Å². The van der Waals surface area contributed by atoms with Crippen molar-refractivity contribution in [1.82, 2.24) is 0 Å². The zero-order valence-corrected chi connectivity index (χ0v) is 7.12. The standard InChI is InChI=1S/C3H7Cl2O3P/c1-2-3(4,5)9(6,7)8/h2H2,1H3,(H2,6,7,8). The molecule has 0 saturated heterocycles. The van der Waals surface area contributed by atoms with Gasteiger partial charge in [-0.25, -0.2) is 0 Å². The fourth-order valence-electron chi connectivity index (χ4n) is 0.206. The second kappa shape index (κ2) is 2.77. The smallest absolute Gasteiger partial charge is 0.322 e. The number of rotatable bonds is 2. The Morgan fingerprint density at radius 3 is 1.89 bits per heavy atom. The van der Waals surface area contributed by atoms with E-state index in [1.807, 2.05) is 0 Å². The Labute approximate surface area is 63.1 Å². The van der Waals surface area contributed by atoms with Crippen LogP contribution in [0.5, 0.6) is 0 Å². The molecule has 0 spiro atoms. The quantitative estimate of drug-likeness (QED) is 0.518. The molecule has 0 aliphatic heterocycles. The van der Waals surface area contributed by atoms with Crippen molar-refractivity contribution in [3.63, 3.8) is 0 Å². The molecule has 0 aromatic carbocycles. The van der Waals surface area contributed by atoms with Gasteiger partial charge in [0.15, 0.2) is 0 Å². The summed E-state index contributed by atoms with van der Waals surface area (Å²) in [7, 11) is -4.34. The van der Waals surface area contributed by atoms with E-state index in [2.05, 4.69) is 0 Å². The summed E-state index contributed by atoms with van der Waals surface area (Å²) >= 11 is 10.4. The molecule has 3 nitrogen and oxygen atoms in total. The summed E-state index contributed by atoms with van der Waals surface area (Å²) in [6, 6.07) is 0. The average Bonchev–Trinajstić information content (AvgIpc) is 1.64. The first-order valence-electron chi connectivity index (χ1n) is 2.24. The van der Waals surface area contributed by atoms with Gasteiger partial charge in [0.25, 0.3) is 0 Å². The van der Waals surface area contributed by atoms with Crippen LogP contribution >= 0.6 is 30.8 Å². The van der Waals surface area contributed by atoms with Crippen molar-refractivity contribution < 1.29 is 14.4 Å². The first-order chi connectivity index (χ1) is 3.81. The van der Waals surface area contributed by atoms with Crippen LogP contribution in [-0.2, 0) is 4.57 Å². The Morgan fingerprint density at radius 2 is 1.89 bits per heavy atom. The first-order valence-corrected chi connectivity index (χ1v) is 4.61. The summed E-state index contributed by atoms with van der Waals surface area (Å²) in [5.74, 6) is 0. The maximum Gasteiger partial charge on any atom is 0.361 e. The minimum atomic E-state index is -4.34. The lowest BCUT2D eigenvalue weighted by molar-refractivity contribution is 0.363. The maximum atomic E-state index is 10.3. The minimum absolute atomic E-state index is 0.0282. The van der Waals surface area contributed by atoms with Crippen molar-refractivity contribution in [2.24, 2.45) is 0 Å². The zero-order valence-electron chi connectivity index (χ0n) is 4.71. The Bertz CT molecular complexity index is 140. The lowest BCUT2D eigenvalue weighted by Gasteiger charge is -2.17. The predicted octanol–water partition coefficient (Wildman–Crippen LogP) is 1.71. The fraction of sp³-hybridized carbons (Fsp3) is 1.00. The van der Waals surface area contributed by atoms with Crippen LogP contribution in [0.25, 0.3) is 0 Å². The maximum absolute atomic E-state index is 10.3. The van der Waals surface area contributed by atoms with Crippen LogP contribution in [0.15, 0.2) is 0 Å². The highest BCUT2D eigenvalue weighted by Crippen LogP contribution is 2.57. The summed E-state index contributed by atoms with van der Waals surface area (Å²) in [5.41, 5.74) is 0. The Balaban J connectivity index is 4.34. The molecule has 0 fully saturated rings. The normalized spacial score (nSPS) is 13.9. The van der Waals surface area contributed by atoms with Crippen molar-refractivity contribution in [1.29, 1.82) is 0 Å². The van der Waals surface area contributed by atoms with Crippen LogP contribution < -0.4 is 0 Å². The predicted molar refractivity (Wildman–Crippen MR) is 36.8 cm³/mol. The summed E-state index contributed by atoms with van der Waals surface area (Å²) in [4.78, 5) is 16.8. The van der Waals surface area contributed by atoms with E-state index in [0.29, 0.717) is 0 Å². The molecule has 56 valence electrons. The van der Waals surface area contributed by atoms with Gasteiger partial charge in [0.2, 0.25) is 4.07 Å². The van der Waals surface area contributed by atoms with Crippen molar-refractivity contribution in [3.8, 4) is 0 Å². The highest BCUT2D eigenvalue weighted by Gasteiger charge is 2.41. The zero-order chi connectivity index (χ0) is 7.71. The second-order valence-electron chi connectivity index (χ2n) is 1.56. The topological polar surface area (TPSA) is 57.5 Å². The number of halogens is 2. The fourth-order valence-corrected chi connectivity index (χ4v) is 0.618. The molecule has 2 N–H and O–H groups in total. The third-order valence-electron chi connectivity index (χ3n) is 0.852. The van der Waals surface area contributed by atoms with E-state index in [0.717, 1.165) is 0 Å². The van der Waals surface area contributed by atoms with Gasteiger partial charge in [-0.2, -0.15) is 0 Å². The number of alkyl halides is 2. The van der Waals surface area contributed by atoms with Gasteiger partial charge in [0, 0.05) is 0 Å². The summed E-state index contributed by atoms with van der Waals surface area (Å²) in [6.07, 6.45) is 0.0282. The summed E-state index contributed by atoms with van der Waals surface area (Å²) < 4.78 is 8.40. The molecule has 0 rings (SSSR count). The molecule has 9 heavy (non-hydrogen) atoms. The van der Waals surface area contributed by atoms with Gasteiger partial charge in [-0.05, 0) is 6.42 Å². The van der Waals surface area contributed by atoms with Crippen molar-refractivity contribution in [2.45, 2.75) is 17.4 Å². The summed E-state index contributed by atoms with van der Waals surface area (Å²) in [5, 5.41) is 0. The van der Waals surface area contributed by atoms with Crippen molar-refractivity contribution in [3.05, 3.63) is 0 Å². The SMILES string of the molecule is CCC(Cl)(Cl)P(=O)(O)O. The molecule has 0 heterocycles. The average molecular weight is 193 g/mol. The molecule has 0 aliphatic carbocycles. The van der Waals surface area contributed by atoms with Gasteiger partial charge in [-0.1, -0.05) is 30.1 Å². The van der Waals surface area contributed by atoms with E-state index < -0.39 is 11.7 Å². The lowest BCUT2D eigenvalue weighted by Crippen LogP contribution is -2.10. The van der Waals surface area contributed by atoms with E-state index in [4.69, 9.17) is 33.0 Å². The molecule has 0 amide bonds. The third kappa shape index (κ3) is 2.44. The van der Waals surface area contributed by atoms with E-state index in [1.165, 1.54) is 6.92 Å². The number of hydrogen-bond donors (Lipinski definition) is 2. The lowest BCUT2D eigenvalue weighted by atomic mass is 10.6. The molecule has 0 radical (unpaired) electrons. The van der Waals surface area contributed by atoms with Gasteiger partial charge in [0.05, 0.1) is 0 Å². The van der Waals surface area contributed by atoms with Gasteiger partial charge in [-0.15, -0.1) is 0 Å². The van der Waals surface area contributed by atoms with Crippen LogP contribution in [0.2, 0.25) is 0 Å². The van der Waals surface area contributed by atoms with Gasteiger partial charge in [-0.3, -0.25) is 4.57 Å². The van der Waals surface area contributed by atoms with E-state index in [-0.39, 0.29) is 6.42 Å². The Hall–Kier alpha value is 0.730. The van der Waals surface area contributed by atoms with Gasteiger partial charge >= 0.3 is 7.60 Å². The Morgan fingerprint density at radius 1 is 1.56 bits per heavy atom. The highest BCUT2D eigenvalue weighted by molar-refractivity contribution is 7.58. The van der Waals surface area contributed by atoms with Crippen molar-refractivity contribution in [2.75, 3.05) is 0 Å². The second-order valence-corrected chi connectivity index (χ2v) is 5.43. The highest BCUT2D eigenvalue weighted by atomic mass is 35.5. The molecule has 0 bridgehead atoms. The van der Waals surface area contributed by atoms with Crippen LogP contribution in [0.4, 0.5) is 0 Å². The molecule has 0 unspecified atom stereocenters. The minimum Gasteiger partial charge on any atom is -0.322 e. The molecule has 6 heteroatoms. The molecule has 0 atom stereocenters. The molecular weight excluding hydrogens is 186 g/mol. The van der Waals surface area contributed by atoms with Gasteiger partial charge in [0.1, 0.15) is 0 Å². The number of hydrogen-bond acceptors (Lipinski definition) is 1. The van der Waals surface area contributed by atoms with E-state index in [1.54, 1.807) is 0 Å². The van der Waals surface area contributed by atoms with E-state index >= 15 is 0 Å². The first kappa shape index (κ1) is 9.73. The monoisotopic (exact) mass is 192 g/mol. The third-order valence-corrected chi connectivity index (χ3v) is 3.88. The summed E-state index contributed by atoms with van der Waals surface area (Å²) in [6.45, 7) is 1.50. The molecular formula is C3H7Cl2O3P. The molecule has 0 saturated carbocycles. The molecule has 0 aliphatic rings. The van der Waals surface area contributed by atoms with Crippen LogP contribution in [0.3, 0.4) is 0 Å². The van der Waals surface area contributed by atoms with Crippen molar-refractivity contribution >= 4 is 30.8 Å². The van der Waals surface area contributed by atoms with Crippen LogP contribution in [0.1, 0.15) is 13.3 Å². The largest absolute Gasteiger partial charge is 0.361 e. The van der Waals surface area contributed by atoms with Crippen LogP contribution in [-0.4, -0.2) is 13.9 Å². The molecule has 0 aromatic rings. The van der Waals surface area contributed by atoms with Gasteiger partial charge < -0.3 is 9.79 Å². The Kier molecular flexibility index (Phi) is 2.99. The molecule has 0 aromatic heterocycles.